The molecule has 2 amide bonds. The fraction of sp³-hybridized carbons (Fsp3) is 0.125. The maximum absolute atomic E-state index is 10.7. The Kier molecular flexibility index (Phi) is 4.87. The molecule has 4 N–H and O–H groups in total. The highest BCUT2D eigenvalue weighted by Gasteiger charge is 1.96. The number of urea groups is 1. The van der Waals surface area contributed by atoms with Crippen LogP contribution in [0.25, 0.3) is 0 Å². The molecule has 1 aromatic carbocycles. The minimum absolute atomic E-state index is 0. The fourth-order valence-corrected chi connectivity index (χ4v) is 0.804. The standard InChI is InChI=1S/C8H11N3O.ClH/c1-6-2-4-7(5-3-6)10-8(12)11-9;/h2-5H,9H2,1H3,(H2,10,11,12);1H. The lowest BCUT2D eigenvalue weighted by atomic mass is 10.2. The molecule has 0 saturated carbocycles. The summed E-state index contributed by atoms with van der Waals surface area (Å²) < 4.78 is 0. The molecule has 0 aliphatic heterocycles. The number of aryl methyl sites for hydroxylation is 1. The number of hydrogen-bond acceptors (Lipinski definition) is 2. The van der Waals surface area contributed by atoms with Gasteiger partial charge in [-0.3, -0.25) is 5.43 Å². The number of hydrazine groups is 1. The van der Waals surface area contributed by atoms with Crippen molar-refractivity contribution in [2.75, 3.05) is 5.32 Å². The first-order chi connectivity index (χ1) is 5.72. The summed E-state index contributed by atoms with van der Waals surface area (Å²) >= 11 is 0. The minimum Gasteiger partial charge on any atom is -0.307 e. The highest BCUT2D eigenvalue weighted by Crippen LogP contribution is 2.07. The third kappa shape index (κ3) is 3.78. The van der Waals surface area contributed by atoms with Crippen molar-refractivity contribution in [3.05, 3.63) is 29.8 Å². The van der Waals surface area contributed by atoms with Crippen molar-refractivity contribution in [3.8, 4) is 0 Å². The number of nitrogens with two attached hydrogens (primary N) is 1. The zero-order valence-corrected chi connectivity index (χ0v) is 8.02. The van der Waals surface area contributed by atoms with Crippen molar-refractivity contribution in [1.82, 2.24) is 5.43 Å². The molecule has 0 heterocycles. The van der Waals surface area contributed by atoms with Gasteiger partial charge in [-0.2, -0.15) is 0 Å². The average molecular weight is 202 g/mol. The van der Waals surface area contributed by atoms with Crippen LogP contribution < -0.4 is 16.6 Å². The van der Waals surface area contributed by atoms with Gasteiger partial charge in [-0.05, 0) is 19.1 Å². The average Bonchev–Trinajstić information content (AvgIpc) is 2.09. The first-order valence-corrected chi connectivity index (χ1v) is 3.56. The van der Waals surface area contributed by atoms with Gasteiger partial charge in [-0.1, -0.05) is 17.7 Å². The lowest BCUT2D eigenvalue weighted by molar-refractivity contribution is 0.252. The van der Waals surface area contributed by atoms with Gasteiger partial charge in [0, 0.05) is 5.69 Å². The van der Waals surface area contributed by atoms with Gasteiger partial charge in [0.05, 0.1) is 0 Å². The van der Waals surface area contributed by atoms with Crippen LogP contribution in [0.3, 0.4) is 0 Å². The second-order valence-electron chi connectivity index (χ2n) is 2.46. The summed E-state index contributed by atoms with van der Waals surface area (Å²) in [5, 5.41) is 2.54. The van der Waals surface area contributed by atoms with Crippen LogP contribution >= 0.6 is 12.4 Å². The van der Waals surface area contributed by atoms with Crippen LogP contribution in [0.15, 0.2) is 24.3 Å². The van der Waals surface area contributed by atoms with E-state index in [-0.39, 0.29) is 12.4 Å². The van der Waals surface area contributed by atoms with Crippen LogP contribution in [0.2, 0.25) is 0 Å². The van der Waals surface area contributed by atoms with Crippen molar-refractivity contribution >= 4 is 24.1 Å². The number of carbonyl (C=O) groups is 1. The van der Waals surface area contributed by atoms with Crippen molar-refractivity contribution < 1.29 is 4.79 Å². The number of carbonyl (C=O) groups excluding carboxylic acids is 1. The number of anilines is 1. The van der Waals surface area contributed by atoms with Gasteiger partial charge < -0.3 is 5.32 Å². The largest absolute Gasteiger partial charge is 0.333 e. The fourth-order valence-electron chi connectivity index (χ4n) is 0.804. The second-order valence-corrected chi connectivity index (χ2v) is 2.46. The van der Waals surface area contributed by atoms with E-state index in [4.69, 9.17) is 5.84 Å². The SMILES string of the molecule is Cc1ccc(NC(=O)NN)cc1.Cl. The molecule has 0 aliphatic rings. The molecule has 0 unspecified atom stereocenters. The Bertz CT molecular complexity index is 273. The summed E-state index contributed by atoms with van der Waals surface area (Å²) in [4.78, 5) is 10.7. The van der Waals surface area contributed by atoms with E-state index in [0.29, 0.717) is 0 Å². The molecule has 0 fully saturated rings. The molecule has 1 rings (SSSR count). The molecule has 0 atom stereocenters. The summed E-state index contributed by atoms with van der Waals surface area (Å²) in [6, 6.07) is 7.02. The molecule has 0 spiro atoms. The smallest absolute Gasteiger partial charge is 0.307 e. The van der Waals surface area contributed by atoms with Crippen LogP contribution in [0.1, 0.15) is 5.56 Å². The number of rotatable bonds is 1. The Hall–Kier alpha value is -1.26. The molecule has 4 nitrogen and oxygen atoms in total. The molecule has 5 heteroatoms. The van der Waals surface area contributed by atoms with E-state index in [9.17, 15) is 4.79 Å². The molecule has 72 valence electrons. The normalized spacial score (nSPS) is 8.46. The number of benzene rings is 1. The Labute approximate surface area is 82.9 Å². The molecule has 0 saturated heterocycles. The van der Waals surface area contributed by atoms with E-state index < -0.39 is 6.03 Å². The highest BCUT2D eigenvalue weighted by molar-refractivity contribution is 5.88. The summed E-state index contributed by atoms with van der Waals surface area (Å²) in [7, 11) is 0. The van der Waals surface area contributed by atoms with E-state index in [1.807, 2.05) is 36.6 Å². The van der Waals surface area contributed by atoms with Gasteiger partial charge >= 0.3 is 6.03 Å². The van der Waals surface area contributed by atoms with E-state index in [1.165, 1.54) is 0 Å². The van der Waals surface area contributed by atoms with E-state index >= 15 is 0 Å². The Morgan fingerprint density at radius 1 is 1.31 bits per heavy atom. The lowest BCUT2D eigenvalue weighted by Gasteiger charge is -2.03. The minimum atomic E-state index is -0.418. The topological polar surface area (TPSA) is 67.2 Å². The molecular weight excluding hydrogens is 190 g/mol. The van der Waals surface area contributed by atoms with Crippen molar-refractivity contribution in [2.45, 2.75) is 6.92 Å². The Morgan fingerprint density at radius 3 is 2.31 bits per heavy atom. The van der Waals surface area contributed by atoms with Gasteiger partial charge in [-0.25, -0.2) is 10.6 Å². The van der Waals surface area contributed by atoms with Crippen LogP contribution in [0.4, 0.5) is 10.5 Å². The van der Waals surface area contributed by atoms with Crippen LogP contribution in [-0.4, -0.2) is 6.03 Å². The monoisotopic (exact) mass is 201 g/mol. The number of amides is 2. The predicted molar refractivity (Wildman–Crippen MR) is 54.8 cm³/mol. The van der Waals surface area contributed by atoms with E-state index in [2.05, 4.69) is 5.32 Å². The van der Waals surface area contributed by atoms with E-state index in [1.54, 1.807) is 0 Å². The quantitative estimate of drug-likeness (QED) is 0.365. The second kappa shape index (κ2) is 5.40. The van der Waals surface area contributed by atoms with Crippen LogP contribution in [0, 0.1) is 6.92 Å². The van der Waals surface area contributed by atoms with Crippen LogP contribution in [-0.2, 0) is 0 Å². The van der Waals surface area contributed by atoms with Gasteiger partial charge in [0.15, 0.2) is 0 Å². The molecule has 0 aromatic heterocycles. The summed E-state index contributed by atoms with van der Waals surface area (Å²) in [5.41, 5.74) is 3.85. The van der Waals surface area contributed by atoms with Crippen LogP contribution in [0.5, 0.6) is 0 Å². The highest BCUT2D eigenvalue weighted by atomic mass is 35.5. The molecule has 0 aliphatic carbocycles. The van der Waals surface area contributed by atoms with Gasteiger partial charge in [0.25, 0.3) is 0 Å². The number of nitrogens with one attached hydrogen (secondary N) is 2. The van der Waals surface area contributed by atoms with Crippen molar-refractivity contribution in [3.63, 3.8) is 0 Å². The third-order valence-electron chi connectivity index (χ3n) is 1.44. The zero-order chi connectivity index (χ0) is 8.97. The summed E-state index contributed by atoms with van der Waals surface area (Å²) in [5.74, 6) is 4.89. The Balaban J connectivity index is 0.00000144. The molecule has 13 heavy (non-hydrogen) atoms. The third-order valence-corrected chi connectivity index (χ3v) is 1.44. The number of hydrogen-bond donors (Lipinski definition) is 3. The molecule has 1 aromatic rings. The maximum atomic E-state index is 10.7. The molecule has 0 radical (unpaired) electrons. The maximum Gasteiger partial charge on any atom is 0.333 e. The van der Waals surface area contributed by atoms with Gasteiger partial charge in [0.2, 0.25) is 0 Å². The lowest BCUT2D eigenvalue weighted by Crippen LogP contribution is -2.34. The molecule has 0 bridgehead atoms. The van der Waals surface area contributed by atoms with Crippen molar-refractivity contribution in [1.29, 1.82) is 0 Å². The zero-order valence-electron chi connectivity index (χ0n) is 7.20. The Morgan fingerprint density at radius 2 is 1.85 bits per heavy atom. The summed E-state index contributed by atoms with van der Waals surface area (Å²) in [6.07, 6.45) is 0. The van der Waals surface area contributed by atoms with Crippen molar-refractivity contribution in [2.24, 2.45) is 5.84 Å². The first kappa shape index (κ1) is 11.7. The summed E-state index contributed by atoms with van der Waals surface area (Å²) in [6.45, 7) is 1.98. The molecular formula is C8H12ClN3O. The first-order valence-electron chi connectivity index (χ1n) is 3.56. The van der Waals surface area contributed by atoms with E-state index in [0.717, 1.165) is 11.3 Å². The van der Waals surface area contributed by atoms with Gasteiger partial charge in [-0.15, -0.1) is 12.4 Å². The van der Waals surface area contributed by atoms with Gasteiger partial charge in [0.1, 0.15) is 0 Å². The number of halogens is 1. The predicted octanol–water partition coefficient (Wildman–Crippen LogP) is 1.41.